The smallest absolute Gasteiger partial charge is 0.238 e. The summed E-state index contributed by atoms with van der Waals surface area (Å²) in [7, 11) is 0. The van der Waals surface area contributed by atoms with Gasteiger partial charge in [0, 0.05) is 0 Å². The van der Waals surface area contributed by atoms with Crippen molar-refractivity contribution < 1.29 is 4.79 Å². The van der Waals surface area contributed by atoms with Gasteiger partial charge in [0.2, 0.25) is 5.91 Å². The normalized spacial score (nSPS) is 29.3. The molecule has 0 saturated heterocycles. The van der Waals surface area contributed by atoms with E-state index in [1.165, 1.54) is 5.57 Å². The Bertz CT molecular complexity index is 252. The van der Waals surface area contributed by atoms with Crippen molar-refractivity contribution >= 4 is 5.91 Å². The molecule has 1 aliphatic rings. The van der Waals surface area contributed by atoms with Crippen molar-refractivity contribution in [2.75, 3.05) is 0 Å². The van der Waals surface area contributed by atoms with Crippen LogP contribution in [0.3, 0.4) is 0 Å². The number of amides is 1. The lowest BCUT2D eigenvalue weighted by atomic mass is 10.1. The van der Waals surface area contributed by atoms with Gasteiger partial charge >= 0.3 is 0 Å². The quantitative estimate of drug-likeness (QED) is 0.292. The molecule has 0 spiro atoms. The maximum Gasteiger partial charge on any atom is 0.238 e. The number of rotatable bonds is 2. The number of carbonyl (C=O) groups excluding carboxylic acids is 1. The molecule has 0 bridgehead atoms. The predicted octanol–water partition coefficient (Wildman–Crippen LogP) is 1.21. The van der Waals surface area contributed by atoms with Gasteiger partial charge in [-0.2, -0.15) is 0 Å². The molecular weight excluding hydrogens is 164 g/mol. The molecule has 0 radical (unpaired) electrons. The standard InChI is InChI=1S/C10H18N2O/c1-6(2)5-7-8(9(13)12-11)10(7,3)4/h5,7-8H,11H2,1-4H3,(H,12,13)/t7-,8+/m0/s1. The molecule has 0 heterocycles. The monoisotopic (exact) mass is 182 g/mol. The zero-order chi connectivity index (χ0) is 10.2. The molecule has 1 aliphatic carbocycles. The topological polar surface area (TPSA) is 55.1 Å². The summed E-state index contributed by atoms with van der Waals surface area (Å²) < 4.78 is 0. The average molecular weight is 182 g/mol. The summed E-state index contributed by atoms with van der Waals surface area (Å²) in [6.45, 7) is 8.28. The predicted molar refractivity (Wildman–Crippen MR) is 52.5 cm³/mol. The number of hydrazine groups is 1. The van der Waals surface area contributed by atoms with Gasteiger partial charge in [0.1, 0.15) is 0 Å². The number of nitrogens with two attached hydrogens (primary N) is 1. The zero-order valence-corrected chi connectivity index (χ0v) is 8.72. The van der Waals surface area contributed by atoms with E-state index < -0.39 is 0 Å². The molecule has 1 rings (SSSR count). The molecule has 0 aromatic carbocycles. The molecule has 13 heavy (non-hydrogen) atoms. The van der Waals surface area contributed by atoms with E-state index in [4.69, 9.17) is 5.84 Å². The molecule has 2 atom stereocenters. The van der Waals surface area contributed by atoms with Crippen LogP contribution in [0.4, 0.5) is 0 Å². The minimum atomic E-state index is -0.0486. The van der Waals surface area contributed by atoms with Crippen molar-refractivity contribution in [3.8, 4) is 0 Å². The van der Waals surface area contributed by atoms with E-state index in [9.17, 15) is 4.79 Å². The van der Waals surface area contributed by atoms with Crippen LogP contribution in [0, 0.1) is 17.3 Å². The van der Waals surface area contributed by atoms with E-state index in [2.05, 4.69) is 25.3 Å². The molecule has 0 aromatic heterocycles. The lowest BCUT2D eigenvalue weighted by Crippen LogP contribution is -2.32. The van der Waals surface area contributed by atoms with E-state index in [-0.39, 0.29) is 17.2 Å². The molecule has 0 aliphatic heterocycles. The summed E-state index contributed by atoms with van der Waals surface area (Å²) in [6.07, 6.45) is 2.15. The van der Waals surface area contributed by atoms with Gasteiger partial charge in [0.05, 0.1) is 5.92 Å². The Hall–Kier alpha value is -0.830. The Morgan fingerprint density at radius 2 is 2.00 bits per heavy atom. The van der Waals surface area contributed by atoms with E-state index >= 15 is 0 Å². The highest BCUT2D eigenvalue weighted by Crippen LogP contribution is 2.59. The summed E-state index contributed by atoms with van der Waals surface area (Å²) in [5.41, 5.74) is 3.54. The third kappa shape index (κ3) is 1.75. The number of hydrogen-bond acceptors (Lipinski definition) is 2. The first-order chi connectivity index (χ1) is 5.91. The first-order valence-electron chi connectivity index (χ1n) is 4.56. The third-order valence-electron chi connectivity index (χ3n) is 2.85. The summed E-state index contributed by atoms with van der Waals surface area (Å²) in [6, 6.07) is 0. The fourth-order valence-corrected chi connectivity index (χ4v) is 1.94. The second-order valence-electron chi connectivity index (χ2n) is 4.58. The van der Waals surface area contributed by atoms with Gasteiger partial charge in [-0.1, -0.05) is 25.5 Å². The first kappa shape index (κ1) is 10.3. The maximum atomic E-state index is 11.3. The van der Waals surface area contributed by atoms with Gasteiger partial charge in [-0.15, -0.1) is 0 Å². The Balaban J connectivity index is 2.72. The first-order valence-corrected chi connectivity index (χ1v) is 4.56. The van der Waals surface area contributed by atoms with Crippen LogP contribution in [0.25, 0.3) is 0 Å². The van der Waals surface area contributed by atoms with E-state index in [0.29, 0.717) is 5.92 Å². The maximum absolute atomic E-state index is 11.3. The number of allylic oxidation sites excluding steroid dienone is 2. The summed E-state index contributed by atoms with van der Waals surface area (Å²) in [5.74, 6) is 5.45. The van der Waals surface area contributed by atoms with Gasteiger partial charge in [-0.3, -0.25) is 10.2 Å². The Morgan fingerprint density at radius 1 is 1.46 bits per heavy atom. The molecule has 0 aromatic rings. The van der Waals surface area contributed by atoms with E-state index in [1.807, 2.05) is 13.8 Å². The number of carbonyl (C=O) groups is 1. The lowest BCUT2D eigenvalue weighted by molar-refractivity contribution is -0.123. The Morgan fingerprint density at radius 3 is 2.38 bits per heavy atom. The Labute approximate surface area is 79.3 Å². The zero-order valence-electron chi connectivity index (χ0n) is 8.72. The SMILES string of the molecule is CC(C)=C[C@H]1[C@H](C(=O)NN)C1(C)C. The lowest BCUT2D eigenvalue weighted by Gasteiger charge is -1.99. The summed E-state index contributed by atoms with van der Waals surface area (Å²) in [5, 5.41) is 0. The number of nitrogens with one attached hydrogen (secondary N) is 1. The minimum absolute atomic E-state index is 0.0485. The molecule has 74 valence electrons. The summed E-state index contributed by atoms with van der Waals surface area (Å²) in [4.78, 5) is 11.3. The summed E-state index contributed by atoms with van der Waals surface area (Å²) >= 11 is 0. The van der Waals surface area contributed by atoms with Crippen molar-refractivity contribution in [2.24, 2.45) is 23.1 Å². The highest BCUT2D eigenvalue weighted by atomic mass is 16.2. The minimum Gasteiger partial charge on any atom is -0.294 e. The molecule has 1 fully saturated rings. The highest BCUT2D eigenvalue weighted by molar-refractivity contribution is 5.83. The van der Waals surface area contributed by atoms with E-state index in [0.717, 1.165) is 0 Å². The van der Waals surface area contributed by atoms with Crippen LogP contribution in [0.2, 0.25) is 0 Å². The number of hydrogen-bond donors (Lipinski definition) is 2. The van der Waals surface area contributed by atoms with Crippen LogP contribution in [0.1, 0.15) is 27.7 Å². The van der Waals surface area contributed by atoms with E-state index in [1.54, 1.807) is 0 Å². The fourth-order valence-electron chi connectivity index (χ4n) is 1.94. The van der Waals surface area contributed by atoms with Gasteiger partial charge < -0.3 is 0 Å². The van der Waals surface area contributed by atoms with Crippen LogP contribution >= 0.6 is 0 Å². The van der Waals surface area contributed by atoms with Crippen molar-refractivity contribution in [2.45, 2.75) is 27.7 Å². The van der Waals surface area contributed by atoms with Gasteiger partial charge in [-0.05, 0) is 25.2 Å². The Kier molecular flexibility index (Phi) is 2.48. The molecule has 3 nitrogen and oxygen atoms in total. The van der Waals surface area contributed by atoms with Crippen molar-refractivity contribution in [3.05, 3.63) is 11.6 Å². The average Bonchev–Trinajstić information content (AvgIpc) is 2.51. The molecule has 3 heteroatoms. The van der Waals surface area contributed by atoms with Crippen LogP contribution in [0.15, 0.2) is 11.6 Å². The van der Waals surface area contributed by atoms with Crippen molar-refractivity contribution in [3.63, 3.8) is 0 Å². The fraction of sp³-hybridized carbons (Fsp3) is 0.700. The van der Waals surface area contributed by atoms with Crippen LogP contribution < -0.4 is 11.3 Å². The second-order valence-corrected chi connectivity index (χ2v) is 4.58. The van der Waals surface area contributed by atoms with Crippen LogP contribution in [-0.2, 0) is 4.79 Å². The van der Waals surface area contributed by atoms with Crippen LogP contribution in [0.5, 0.6) is 0 Å². The molecule has 0 unspecified atom stereocenters. The van der Waals surface area contributed by atoms with Gasteiger partial charge in [-0.25, -0.2) is 5.84 Å². The molecule has 3 N–H and O–H groups in total. The highest BCUT2D eigenvalue weighted by Gasteiger charge is 2.60. The van der Waals surface area contributed by atoms with Gasteiger partial charge in [0.25, 0.3) is 0 Å². The van der Waals surface area contributed by atoms with Crippen molar-refractivity contribution in [1.29, 1.82) is 0 Å². The van der Waals surface area contributed by atoms with Crippen LogP contribution in [-0.4, -0.2) is 5.91 Å². The van der Waals surface area contributed by atoms with Gasteiger partial charge in [0.15, 0.2) is 0 Å². The molecule has 1 saturated carbocycles. The second kappa shape index (κ2) is 3.14. The largest absolute Gasteiger partial charge is 0.294 e. The molecule has 1 amide bonds. The van der Waals surface area contributed by atoms with Crippen molar-refractivity contribution in [1.82, 2.24) is 5.43 Å². The third-order valence-corrected chi connectivity index (χ3v) is 2.85. The molecular formula is C10H18N2O.